The molecule has 0 aromatic heterocycles. The molecule has 0 radical (unpaired) electrons. The van der Waals surface area contributed by atoms with E-state index in [-0.39, 0.29) is 16.5 Å². The minimum absolute atomic E-state index is 0.0330. The molecule has 0 fully saturated rings. The lowest BCUT2D eigenvalue weighted by molar-refractivity contribution is 0.0819. The number of benzene rings is 1. The smallest absolute Gasteiger partial charge is 0.272 e. The van der Waals surface area contributed by atoms with E-state index in [9.17, 15) is 8.78 Å². The summed E-state index contributed by atoms with van der Waals surface area (Å²) < 4.78 is 28.1. The Labute approximate surface area is 78.7 Å². The van der Waals surface area contributed by atoms with Gasteiger partial charge in [-0.25, -0.2) is 8.78 Å². The molecule has 2 nitrogen and oxygen atoms in total. The Morgan fingerprint density at radius 3 is 2.69 bits per heavy atom. The quantitative estimate of drug-likeness (QED) is 0.828. The molecule has 0 spiro atoms. The summed E-state index contributed by atoms with van der Waals surface area (Å²) in [6, 6.07) is 3.87. The largest absolute Gasteiger partial charge is 0.508 e. The van der Waals surface area contributed by atoms with Crippen molar-refractivity contribution >= 4 is 11.6 Å². The van der Waals surface area contributed by atoms with E-state index in [1.807, 2.05) is 0 Å². The molecule has 0 bridgehead atoms. The van der Waals surface area contributed by atoms with E-state index in [1.165, 1.54) is 18.2 Å². The Bertz CT molecular complexity index is 291. The number of aromatic hydroxyl groups is 1. The van der Waals surface area contributed by atoms with Crippen molar-refractivity contribution in [3.8, 4) is 11.5 Å². The van der Waals surface area contributed by atoms with Crippen LogP contribution in [0.5, 0.6) is 11.5 Å². The van der Waals surface area contributed by atoms with Crippen LogP contribution in [0.15, 0.2) is 18.2 Å². The molecule has 0 heterocycles. The monoisotopic (exact) mass is 208 g/mol. The van der Waals surface area contributed by atoms with Gasteiger partial charge >= 0.3 is 0 Å². The molecule has 1 aromatic carbocycles. The number of alkyl halides is 2. The number of ether oxygens (including phenoxy) is 1. The van der Waals surface area contributed by atoms with Crippen molar-refractivity contribution in [1.82, 2.24) is 0 Å². The molecule has 0 aliphatic rings. The number of hydrogen-bond acceptors (Lipinski definition) is 2. The lowest BCUT2D eigenvalue weighted by Gasteiger charge is -2.06. The lowest BCUT2D eigenvalue weighted by atomic mass is 10.3. The van der Waals surface area contributed by atoms with Crippen molar-refractivity contribution in [3.63, 3.8) is 0 Å². The lowest BCUT2D eigenvalue weighted by Crippen LogP contribution is -2.07. The van der Waals surface area contributed by atoms with Crippen LogP contribution >= 0.6 is 11.6 Å². The number of phenols is 1. The molecule has 0 unspecified atom stereocenters. The van der Waals surface area contributed by atoms with Gasteiger partial charge in [0.2, 0.25) is 0 Å². The first-order valence-electron chi connectivity index (χ1n) is 3.49. The summed E-state index contributed by atoms with van der Waals surface area (Å²) in [5.41, 5.74) is 0. The predicted octanol–water partition coefficient (Wildman–Crippen LogP) is 2.69. The Balaban J connectivity index is 2.67. The summed E-state index contributed by atoms with van der Waals surface area (Å²) in [4.78, 5) is 0. The number of halogens is 3. The molecule has 0 atom stereocenters. The topological polar surface area (TPSA) is 29.5 Å². The Morgan fingerprint density at radius 2 is 2.15 bits per heavy atom. The molecular formula is C8H7ClF2O2. The van der Waals surface area contributed by atoms with Gasteiger partial charge in [-0.1, -0.05) is 11.6 Å². The van der Waals surface area contributed by atoms with Crippen molar-refractivity contribution in [3.05, 3.63) is 23.2 Å². The van der Waals surface area contributed by atoms with E-state index >= 15 is 0 Å². The van der Waals surface area contributed by atoms with Crippen LogP contribution in [0.25, 0.3) is 0 Å². The first-order valence-corrected chi connectivity index (χ1v) is 3.87. The second-order valence-corrected chi connectivity index (χ2v) is 2.72. The van der Waals surface area contributed by atoms with Gasteiger partial charge in [-0.3, -0.25) is 0 Å². The van der Waals surface area contributed by atoms with E-state index in [2.05, 4.69) is 4.74 Å². The summed E-state index contributed by atoms with van der Waals surface area (Å²) in [6.07, 6.45) is -2.54. The van der Waals surface area contributed by atoms with E-state index < -0.39 is 13.0 Å². The van der Waals surface area contributed by atoms with Gasteiger partial charge in [-0.2, -0.15) is 0 Å². The first kappa shape index (κ1) is 10.1. The van der Waals surface area contributed by atoms with Gasteiger partial charge in [0.25, 0.3) is 6.43 Å². The summed E-state index contributed by atoms with van der Waals surface area (Å²) in [5, 5.41) is 9.04. The van der Waals surface area contributed by atoms with Crippen LogP contribution in [0.1, 0.15) is 0 Å². The maximum atomic E-state index is 11.7. The average molecular weight is 209 g/mol. The van der Waals surface area contributed by atoms with Gasteiger partial charge in [0, 0.05) is 6.07 Å². The van der Waals surface area contributed by atoms with Crippen molar-refractivity contribution in [2.45, 2.75) is 6.43 Å². The average Bonchev–Trinajstić information content (AvgIpc) is 2.02. The van der Waals surface area contributed by atoms with Crippen molar-refractivity contribution < 1.29 is 18.6 Å². The summed E-state index contributed by atoms with van der Waals surface area (Å²) in [6.45, 7) is -0.704. The Hall–Kier alpha value is -1.03. The normalized spacial score (nSPS) is 10.5. The molecule has 0 aliphatic heterocycles. The second kappa shape index (κ2) is 4.28. The number of phenolic OH excluding ortho intramolecular Hbond substituents is 1. The molecular weight excluding hydrogens is 202 g/mol. The fourth-order valence-electron chi connectivity index (χ4n) is 0.760. The third-order valence-corrected chi connectivity index (χ3v) is 1.58. The molecule has 0 saturated heterocycles. The van der Waals surface area contributed by atoms with Gasteiger partial charge in [0.1, 0.15) is 18.1 Å². The first-order chi connectivity index (χ1) is 6.09. The summed E-state index contributed by atoms with van der Waals surface area (Å²) in [5.74, 6) is 0.106. The highest BCUT2D eigenvalue weighted by Crippen LogP contribution is 2.28. The fraction of sp³-hybridized carbons (Fsp3) is 0.250. The highest BCUT2D eigenvalue weighted by molar-refractivity contribution is 6.32. The third kappa shape index (κ3) is 3.06. The van der Waals surface area contributed by atoms with Crippen LogP contribution in [-0.4, -0.2) is 18.1 Å². The number of hydrogen-bond donors (Lipinski definition) is 1. The minimum atomic E-state index is -2.54. The summed E-state index contributed by atoms with van der Waals surface area (Å²) in [7, 11) is 0. The molecule has 0 amide bonds. The van der Waals surface area contributed by atoms with E-state index in [0.29, 0.717) is 0 Å². The van der Waals surface area contributed by atoms with E-state index in [1.54, 1.807) is 0 Å². The highest BCUT2D eigenvalue weighted by atomic mass is 35.5. The molecule has 1 rings (SSSR count). The van der Waals surface area contributed by atoms with Gasteiger partial charge in [-0.05, 0) is 12.1 Å². The predicted molar refractivity (Wildman–Crippen MR) is 44.6 cm³/mol. The fourth-order valence-corrected chi connectivity index (χ4v) is 0.989. The molecule has 13 heavy (non-hydrogen) atoms. The van der Waals surface area contributed by atoms with Crippen LogP contribution in [0, 0.1) is 0 Å². The zero-order valence-corrected chi connectivity index (χ0v) is 7.26. The minimum Gasteiger partial charge on any atom is -0.508 e. The van der Waals surface area contributed by atoms with Gasteiger partial charge in [0.15, 0.2) is 0 Å². The van der Waals surface area contributed by atoms with E-state index in [0.717, 1.165) is 0 Å². The zero-order valence-electron chi connectivity index (χ0n) is 6.51. The van der Waals surface area contributed by atoms with Crippen molar-refractivity contribution in [1.29, 1.82) is 0 Å². The maximum absolute atomic E-state index is 11.7. The second-order valence-electron chi connectivity index (χ2n) is 2.32. The van der Waals surface area contributed by atoms with Crippen LogP contribution in [0.3, 0.4) is 0 Å². The molecule has 1 aromatic rings. The van der Waals surface area contributed by atoms with Crippen LogP contribution in [-0.2, 0) is 0 Å². The zero-order chi connectivity index (χ0) is 9.84. The van der Waals surface area contributed by atoms with Crippen LogP contribution in [0.2, 0.25) is 5.02 Å². The molecule has 5 heteroatoms. The number of rotatable bonds is 3. The molecule has 1 N–H and O–H groups in total. The molecule has 0 aliphatic carbocycles. The van der Waals surface area contributed by atoms with Gasteiger partial charge in [-0.15, -0.1) is 0 Å². The third-order valence-electron chi connectivity index (χ3n) is 1.28. The van der Waals surface area contributed by atoms with E-state index in [4.69, 9.17) is 16.7 Å². The molecule has 0 saturated carbocycles. The Morgan fingerprint density at radius 1 is 1.46 bits per heavy atom. The maximum Gasteiger partial charge on any atom is 0.272 e. The summed E-state index contributed by atoms with van der Waals surface area (Å²) >= 11 is 5.58. The van der Waals surface area contributed by atoms with Crippen molar-refractivity contribution in [2.24, 2.45) is 0 Å². The highest BCUT2D eigenvalue weighted by Gasteiger charge is 2.06. The van der Waals surface area contributed by atoms with Crippen molar-refractivity contribution in [2.75, 3.05) is 6.61 Å². The molecule has 72 valence electrons. The SMILES string of the molecule is Oc1ccc(OCC(F)F)c(Cl)c1. The van der Waals surface area contributed by atoms with Crippen LogP contribution in [0.4, 0.5) is 8.78 Å². The van der Waals surface area contributed by atoms with Gasteiger partial charge in [0.05, 0.1) is 5.02 Å². The van der Waals surface area contributed by atoms with Gasteiger partial charge < -0.3 is 9.84 Å². The Kier molecular flexibility index (Phi) is 3.31. The van der Waals surface area contributed by atoms with Crippen LogP contribution < -0.4 is 4.74 Å². The standard InChI is InChI=1S/C8H7ClF2O2/c9-6-3-5(12)1-2-7(6)13-4-8(10)11/h1-3,8,12H,4H2.